The van der Waals surface area contributed by atoms with Crippen LogP contribution in [0.4, 0.5) is 0 Å². The maximum atomic E-state index is 12.7. The molecule has 2 aromatic carbocycles. The van der Waals surface area contributed by atoms with E-state index in [1.165, 1.54) is 9.75 Å². The molecule has 26 heavy (non-hydrogen) atoms. The lowest BCUT2D eigenvalue weighted by Gasteiger charge is -2.04. The molecule has 4 rings (SSSR count). The van der Waals surface area contributed by atoms with Crippen LogP contribution < -0.4 is 0 Å². The molecule has 0 aliphatic rings. The maximum absolute atomic E-state index is 12.7. The van der Waals surface area contributed by atoms with Crippen molar-refractivity contribution < 1.29 is 4.79 Å². The molecule has 0 aliphatic heterocycles. The molecule has 0 unspecified atom stereocenters. The standard InChI is InChI=1S/C21H16N2OS2/c1-13-11-22-20(25-13)17-7-3-15(4-8-17)19(24)16-5-9-18(10-6-16)21-23-12-14(2)26-21/h3-12H,1-2H3. The molecule has 0 radical (unpaired) electrons. The SMILES string of the molecule is Cc1cnc(-c2ccc(C(=O)c3ccc(-c4ncc(C)s4)cc3)cc2)s1. The molecule has 0 saturated carbocycles. The highest BCUT2D eigenvalue weighted by Crippen LogP contribution is 2.27. The van der Waals surface area contributed by atoms with Crippen LogP contribution in [-0.4, -0.2) is 15.8 Å². The number of carbonyl (C=O) groups is 1. The Balaban J connectivity index is 1.55. The molecule has 2 aromatic heterocycles. The number of hydrogen-bond donors (Lipinski definition) is 0. The highest BCUT2D eigenvalue weighted by atomic mass is 32.1. The summed E-state index contributed by atoms with van der Waals surface area (Å²) in [6.07, 6.45) is 3.73. The van der Waals surface area contributed by atoms with Gasteiger partial charge < -0.3 is 0 Å². The van der Waals surface area contributed by atoms with Gasteiger partial charge in [-0.2, -0.15) is 0 Å². The van der Waals surface area contributed by atoms with Crippen molar-refractivity contribution in [2.24, 2.45) is 0 Å². The summed E-state index contributed by atoms with van der Waals surface area (Å²) in [4.78, 5) is 23.9. The zero-order valence-electron chi connectivity index (χ0n) is 14.4. The third-order valence-corrected chi connectivity index (χ3v) is 5.95. The van der Waals surface area contributed by atoms with Gasteiger partial charge >= 0.3 is 0 Å². The van der Waals surface area contributed by atoms with Gasteiger partial charge in [0.25, 0.3) is 0 Å². The first-order valence-electron chi connectivity index (χ1n) is 8.20. The summed E-state index contributed by atoms with van der Waals surface area (Å²) in [5, 5.41) is 1.95. The fourth-order valence-corrected chi connectivity index (χ4v) is 4.21. The average Bonchev–Trinajstić information content (AvgIpc) is 3.30. The van der Waals surface area contributed by atoms with E-state index in [0.29, 0.717) is 11.1 Å². The summed E-state index contributed by atoms with van der Waals surface area (Å²) in [5.41, 5.74) is 3.43. The minimum atomic E-state index is 0.0220. The number of nitrogens with zero attached hydrogens (tertiary/aromatic N) is 2. The summed E-state index contributed by atoms with van der Waals surface area (Å²) in [7, 11) is 0. The van der Waals surface area contributed by atoms with E-state index in [0.717, 1.165) is 21.1 Å². The van der Waals surface area contributed by atoms with Crippen LogP contribution in [0.1, 0.15) is 25.7 Å². The van der Waals surface area contributed by atoms with Crippen molar-refractivity contribution in [1.29, 1.82) is 0 Å². The summed E-state index contributed by atoms with van der Waals surface area (Å²) < 4.78 is 0. The fraction of sp³-hybridized carbons (Fsp3) is 0.0952. The van der Waals surface area contributed by atoms with Gasteiger partial charge in [-0.05, 0) is 13.8 Å². The minimum Gasteiger partial charge on any atom is -0.289 e. The third-order valence-electron chi connectivity index (χ3n) is 4.03. The third kappa shape index (κ3) is 3.36. The number of carbonyl (C=O) groups excluding carboxylic acids is 1. The Morgan fingerprint density at radius 3 is 1.38 bits per heavy atom. The van der Waals surface area contributed by atoms with Gasteiger partial charge in [0.05, 0.1) is 0 Å². The molecule has 0 spiro atoms. The molecule has 0 bridgehead atoms. The van der Waals surface area contributed by atoms with E-state index in [1.54, 1.807) is 22.7 Å². The Morgan fingerprint density at radius 1 is 0.692 bits per heavy atom. The molecule has 128 valence electrons. The highest BCUT2D eigenvalue weighted by Gasteiger charge is 2.11. The predicted octanol–water partition coefficient (Wildman–Crippen LogP) is 5.78. The van der Waals surface area contributed by atoms with E-state index in [1.807, 2.05) is 74.8 Å². The van der Waals surface area contributed by atoms with Crippen molar-refractivity contribution in [1.82, 2.24) is 9.97 Å². The van der Waals surface area contributed by atoms with Crippen molar-refractivity contribution in [3.63, 3.8) is 0 Å². The maximum Gasteiger partial charge on any atom is 0.193 e. The molecule has 2 heterocycles. The fourth-order valence-electron chi connectivity index (χ4n) is 2.67. The van der Waals surface area contributed by atoms with Gasteiger partial charge in [-0.15, -0.1) is 22.7 Å². The Hall–Kier alpha value is -2.63. The Bertz CT molecular complexity index is 974. The Labute approximate surface area is 160 Å². The van der Waals surface area contributed by atoms with Crippen LogP contribution in [0.25, 0.3) is 21.1 Å². The van der Waals surface area contributed by atoms with Crippen molar-refractivity contribution in [2.45, 2.75) is 13.8 Å². The van der Waals surface area contributed by atoms with Crippen LogP contribution in [0.15, 0.2) is 60.9 Å². The predicted molar refractivity (Wildman–Crippen MR) is 108 cm³/mol. The van der Waals surface area contributed by atoms with Gasteiger partial charge in [-0.1, -0.05) is 48.5 Å². The molecule has 0 atom stereocenters. The second-order valence-corrected chi connectivity index (χ2v) is 8.51. The van der Waals surface area contributed by atoms with Crippen LogP contribution in [0.5, 0.6) is 0 Å². The molecule has 4 aromatic rings. The summed E-state index contributed by atoms with van der Waals surface area (Å²) in [6, 6.07) is 15.3. The van der Waals surface area contributed by atoms with Crippen molar-refractivity contribution in [3.8, 4) is 21.1 Å². The topological polar surface area (TPSA) is 42.9 Å². The molecule has 0 N–H and O–H groups in total. The number of ketones is 1. The summed E-state index contributed by atoms with van der Waals surface area (Å²) >= 11 is 3.30. The normalized spacial score (nSPS) is 10.8. The van der Waals surface area contributed by atoms with E-state index in [2.05, 4.69) is 9.97 Å². The lowest BCUT2D eigenvalue weighted by atomic mass is 10.0. The first kappa shape index (κ1) is 16.8. The molecule has 0 aliphatic carbocycles. The number of thiazole rings is 2. The lowest BCUT2D eigenvalue weighted by molar-refractivity contribution is 0.103. The summed E-state index contributed by atoms with van der Waals surface area (Å²) in [5.74, 6) is 0.0220. The van der Waals surface area contributed by atoms with Gasteiger partial charge in [0, 0.05) is 44.4 Å². The van der Waals surface area contributed by atoms with Crippen molar-refractivity contribution >= 4 is 28.5 Å². The highest BCUT2D eigenvalue weighted by molar-refractivity contribution is 7.15. The lowest BCUT2D eigenvalue weighted by Crippen LogP contribution is -2.00. The number of hydrogen-bond acceptors (Lipinski definition) is 5. The van der Waals surface area contributed by atoms with E-state index < -0.39 is 0 Å². The average molecular weight is 377 g/mol. The zero-order chi connectivity index (χ0) is 18.1. The largest absolute Gasteiger partial charge is 0.289 e. The zero-order valence-corrected chi connectivity index (χ0v) is 16.0. The van der Waals surface area contributed by atoms with Crippen LogP contribution in [-0.2, 0) is 0 Å². The number of aromatic nitrogens is 2. The van der Waals surface area contributed by atoms with E-state index >= 15 is 0 Å². The Kier molecular flexibility index (Phi) is 4.49. The molecule has 0 amide bonds. The monoisotopic (exact) mass is 376 g/mol. The van der Waals surface area contributed by atoms with Crippen LogP contribution in [0.3, 0.4) is 0 Å². The van der Waals surface area contributed by atoms with Gasteiger partial charge in [-0.3, -0.25) is 4.79 Å². The van der Waals surface area contributed by atoms with Crippen molar-refractivity contribution in [3.05, 3.63) is 81.8 Å². The Morgan fingerprint density at radius 2 is 1.08 bits per heavy atom. The van der Waals surface area contributed by atoms with Gasteiger partial charge in [-0.25, -0.2) is 9.97 Å². The molecule has 3 nitrogen and oxygen atoms in total. The van der Waals surface area contributed by atoms with Crippen LogP contribution in [0, 0.1) is 13.8 Å². The van der Waals surface area contributed by atoms with Crippen LogP contribution >= 0.6 is 22.7 Å². The first-order chi connectivity index (χ1) is 12.6. The molecular weight excluding hydrogens is 360 g/mol. The second kappa shape index (κ2) is 6.94. The van der Waals surface area contributed by atoms with E-state index in [-0.39, 0.29) is 5.78 Å². The number of rotatable bonds is 4. The van der Waals surface area contributed by atoms with Crippen LogP contribution in [0.2, 0.25) is 0 Å². The first-order valence-corrected chi connectivity index (χ1v) is 9.84. The van der Waals surface area contributed by atoms with Gasteiger partial charge in [0.2, 0.25) is 0 Å². The minimum absolute atomic E-state index is 0.0220. The van der Waals surface area contributed by atoms with E-state index in [9.17, 15) is 4.79 Å². The van der Waals surface area contributed by atoms with Gasteiger partial charge in [0.15, 0.2) is 5.78 Å². The smallest absolute Gasteiger partial charge is 0.193 e. The van der Waals surface area contributed by atoms with Gasteiger partial charge in [0.1, 0.15) is 10.0 Å². The second-order valence-electron chi connectivity index (χ2n) is 6.04. The number of benzene rings is 2. The quantitative estimate of drug-likeness (QED) is 0.424. The van der Waals surface area contributed by atoms with Crippen molar-refractivity contribution in [2.75, 3.05) is 0 Å². The summed E-state index contributed by atoms with van der Waals surface area (Å²) in [6.45, 7) is 4.07. The molecule has 0 saturated heterocycles. The molecule has 0 fully saturated rings. The molecule has 5 heteroatoms. The number of aryl methyl sites for hydroxylation is 2. The molecular formula is C21H16N2OS2. The van der Waals surface area contributed by atoms with E-state index in [4.69, 9.17) is 0 Å².